The Morgan fingerprint density at radius 3 is 2.27 bits per heavy atom. The van der Waals surface area contributed by atoms with Crippen LogP contribution in [0.1, 0.15) is 34.1 Å². The van der Waals surface area contributed by atoms with E-state index in [-0.39, 0.29) is 18.1 Å². The standard InChI is InChI=1S/C11H24N2O2/c1-5-13(6-2)11(15)10(4)12-8-7-9(3)14/h9-10,12,14H,5-8H2,1-4H3. The highest BCUT2D eigenvalue weighted by Crippen LogP contribution is 1.95. The Morgan fingerprint density at radius 1 is 1.33 bits per heavy atom. The monoisotopic (exact) mass is 216 g/mol. The van der Waals surface area contributed by atoms with E-state index in [4.69, 9.17) is 5.11 Å². The summed E-state index contributed by atoms with van der Waals surface area (Å²) in [6.45, 7) is 9.73. The molecule has 2 atom stereocenters. The first kappa shape index (κ1) is 14.4. The number of nitrogens with one attached hydrogen (secondary N) is 1. The molecule has 15 heavy (non-hydrogen) atoms. The van der Waals surface area contributed by atoms with Gasteiger partial charge in [-0.15, -0.1) is 0 Å². The summed E-state index contributed by atoms with van der Waals surface area (Å²) in [5.74, 6) is 0.130. The van der Waals surface area contributed by atoms with Gasteiger partial charge in [-0.05, 0) is 40.7 Å². The number of hydrogen-bond donors (Lipinski definition) is 2. The molecule has 4 heteroatoms. The molecule has 0 saturated carbocycles. The average Bonchev–Trinajstić information content (AvgIpc) is 2.18. The maximum atomic E-state index is 11.8. The lowest BCUT2D eigenvalue weighted by Gasteiger charge is -2.23. The number of amides is 1. The summed E-state index contributed by atoms with van der Waals surface area (Å²) in [6.07, 6.45) is 0.365. The summed E-state index contributed by atoms with van der Waals surface area (Å²) in [5, 5.41) is 12.2. The van der Waals surface area contributed by atoms with Crippen LogP contribution in [-0.4, -0.2) is 47.7 Å². The first-order valence-corrected chi connectivity index (χ1v) is 5.73. The van der Waals surface area contributed by atoms with E-state index in [1.54, 1.807) is 11.8 Å². The predicted molar refractivity (Wildman–Crippen MR) is 61.7 cm³/mol. The van der Waals surface area contributed by atoms with Gasteiger partial charge in [-0.2, -0.15) is 0 Å². The van der Waals surface area contributed by atoms with Crippen molar-refractivity contribution in [3.8, 4) is 0 Å². The zero-order valence-corrected chi connectivity index (χ0v) is 10.3. The van der Waals surface area contributed by atoms with E-state index in [1.165, 1.54) is 0 Å². The van der Waals surface area contributed by atoms with Gasteiger partial charge in [-0.3, -0.25) is 4.79 Å². The molecule has 0 fully saturated rings. The number of aliphatic hydroxyl groups is 1. The third-order valence-electron chi connectivity index (χ3n) is 2.46. The van der Waals surface area contributed by atoms with Crippen LogP contribution in [0.4, 0.5) is 0 Å². The Kier molecular flexibility index (Phi) is 7.34. The number of carbonyl (C=O) groups is 1. The average molecular weight is 216 g/mol. The van der Waals surface area contributed by atoms with Gasteiger partial charge in [0.15, 0.2) is 0 Å². The molecule has 0 aliphatic heterocycles. The van der Waals surface area contributed by atoms with Crippen molar-refractivity contribution in [3.05, 3.63) is 0 Å². The fourth-order valence-corrected chi connectivity index (χ4v) is 1.41. The predicted octanol–water partition coefficient (Wildman–Crippen LogP) is 0.604. The molecule has 0 radical (unpaired) electrons. The number of hydrogen-bond acceptors (Lipinski definition) is 3. The summed E-state index contributed by atoms with van der Waals surface area (Å²) in [4.78, 5) is 13.6. The maximum absolute atomic E-state index is 11.8. The van der Waals surface area contributed by atoms with E-state index in [1.807, 2.05) is 20.8 Å². The van der Waals surface area contributed by atoms with E-state index >= 15 is 0 Å². The van der Waals surface area contributed by atoms with Crippen molar-refractivity contribution < 1.29 is 9.90 Å². The zero-order valence-electron chi connectivity index (χ0n) is 10.3. The van der Waals surface area contributed by atoms with E-state index < -0.39 is 0 Å². The molecule has 0 aromatic heterocycles. The number of likely N-dealkylation sites (N-methyl/N-ethyl adjacent to an activating group) is 1. The van der Waals surface area contributed by atoms with Gasteiger partial charge in [-0.25, -0.2) is 0 Å². The van der Waals surface area contributed by atoms with Crippen LogP contribution in [0.3, 0.4) is 0 Å². The molecule has 0 rings (SSSR count). The summed E-state index contributed by atoms with van der Waals surface area (Å²) in [5.41, 5.74) is 0. The van der Waals surface area contributed by atoms with Gasteiger partial charge >= 0.3 is 0 Å². The molecule has 0 aromatic carbocycles. The molecule has 0 bridgehead atoms. The smallest absolute Gasteiger partial charge is 0.239 e. The van der Waals surface area contributed by atoms with Crippen LogP contribution in [-0.2, 0) is 4.79 Å². The molecule has 2 unspecified atom stereocenters. The SMILES string of the molecule is CCN(CC)C(=O)C(C)NCCC(C)O. The van der Waals surface area contributed by atoms with Gasteiger partial charge in [0.05, 0.1) is 12.1 Å². The van der Waals surface area contributed by atoms with E-state index in [0.29, 0.717) is 13.0 Å². The van der Waals surface area contributed by atoms with Crippen LogP contribution in [0, 0.1) is 0 Å². The van der Waals surface area contributed by atoms with Crippen LogP contribution in [0.25, 0.3) is 0 Å². The third-order valence-corrected chi connectivity index (χ3v) is 2.46. The Labute approximate surface area is 92.7 Å². The number of aliphatic hydroxyl groups excluding tert-OH is 1. The second kappa shape index (κ2) is 7.65. The molecule has 0 heterocycles. The molecule has 2 N–H and O–H groups in total. The van der Waals surface area contributed by atoms with Crippen molar-refractivity contribution in [3.63, 3.8) is 0 Å². The number of rotatable bonds is 7. The molecule has 0 spiro atoms. The van der Waals surface area contributed by atoms with Gasteiger partial charge in [0.25, 0.3) is 0 Å². The summed E-state index contributed by atoms with van der Waals surface area (Å²) < 4.78 is 0. The van der Waals surface area contributed by atoms with Crippen molar-refractivity contribution >= 4 is 5.91 Å². The Morgan fingerprint density at radius 2 is 1.87 bits per heavy atom. The Bertz CT molecular complexity index is 179. The van der Waals surface area contributed by atoms with Crippen LogP contribution in [0.15, 0.2) is 0 Å². The summed E-state index contributed by atoms with van der Waals surface area (Å²) in [6, 6.07) is -0.163. The minimum atomic E-state index is -0.312. The second-order valence-corrected chi connectivity index (χ2v) is 3.82. The molecule has 0 aromatic rings. The lowest BCUT2D eigenvalue weighted by Crippen LogP contribution is -2.45. The minimum absolute atomic E-state index is 0.130. The first-order valence-electron chi connectivity index (χ1n) is 5.73. The lowest BCUT2D eigenvalue weighted by atomic mass is 10.2. The minimum Gasteiger partial charge on any atom is -0.393 e. The highest BCUT2D eigenvalue weighted by Gasteiger charge is 2.16. The van der Waals surface area contributed by atoms with E-state index in [0.717, 1.165) is 13.1 Å². The normalized spacial score (nSPS) is 14.7. The molecule has 0 aliphatic rings. The van der Waals surface area contributed by atoms with Crippen LogP contribution in [0.5, 0.6) is 0 Å². The fourth-order valence-electron chi connectivity index (χ4n) is 1.41. The van der Waals surface area contributed by atoms with Crippen molar-refractivity contribution in [2.45, 2.75) is 46.3 Å². The van der Waals surface area contributed by atoms with Crippen LogP contribution >= 0.6 is 0 Å². The second-order valence-electron chi connectivity index (χ2n) is 3.82. The van der Waals surface area contributed by atoms with Gasteiger partial charge in [0.1, 0.15) is 0 Å². The quantitative estimate of drug-likeness (QED) is 0.655. The van der Waals surface area contributed by atoms with Crippen molar-refractivity contribution in [1.82, 2.24) is 10.2 Å². The molecular formula is C11H24N2O2. The van der Waals surface area contributed by atoms with E-state index in [9.17, 15) is 4.79 Å². The number of nitrogens with zero attached hydrogens (tertiary/aromatic N) is 1. The van der Waals surface area contributed by atoms with Crippen molar-refractivity contribution in [2.24, 2.45) is 0 Å². The topological polar surface area (TPSA) is 52.6 Å². The molecular weight excluding hydrogens is 192 g/mol. The summed E-state index contributed by atoms with van der Waals surface area (Å²) in [7, 11) is 0. The van der Waals surface area contributed by atoms with Gasteiger partial charge in [0.2, 0.25) is 5.91 Å². The van der Waals surface area contributed by atoms with Gasteiger partial charge in [0, 0.05) is 13.1 Å². The molecule has 1 amide bonds. The Hall–Kier alpha value is -0.610. The van der Waals surface area contributed by atoms with Gasteiger partial charge in [-0.1, -0.05) is 0 Å². The molecule has 0 aliphatic carbocycles. The first-order chi connectivity index (χ1) is 7.02. The van der Waals surface area contributed by atoms with Gasteiger partial charge < -0.3 is 15.3 Å². The van der Waals surface area contributed by atoms with Crippen LogP contribution in [0.2, 0.25) is 0 Å². The molecule has 0 saturated heterocycles. The number of carbonyl (C=O) groups excluding carboxylic acids is 1. The maximum Gasteiger partial charge on any atom is 0.239 e. The van der Waals surface area contributed by atoms with Crippen LogP contribution < -0.4 is 5.32 Å². The third kappa shape index (κ3) is 5.74. The van der Waals surface area contributed by atoms with Crippen molar-refractivity contribution in [2.75, 3.05) is 19.6 Å². The highest BCUT2D eigenvalue weighted by molar-refractivity contribution is 5.81. The molecule has 90 valence electrons. The Balaban J connectivity index is 3.87. The summed E-state index contributed by atoms with van der Waals surface area (Å²) >= 11 is 0. The van der Waals surface area contributed by atoms with Crippen molar-refractivity contribution in [1.29, 1.82) is 0 Å². The lowest BCUT2D eigenvalue weighted by molar-refractivity contribution is -0.132. The largest absolute Gasteiger partial charge is 0.393 e. The zero-order chi connectivity index (χ0) is 11.8. The van der Waals surface area contributed by atoms with E-state index in [2.05, 4.69) is 5.32 Å². The molecule has 4 nitrogen and oxygen atoms in total. The fraction of sp³-hybridized carbons (Fsp3) is 0.909. The highest BCUT2D eigenvalue weighted by atomic mass is 16.3.